The van der Waals surface area contributed by atoms with E-state index < -0.39 is 16.5 Å². The first-order valence-corrected chi connectivity index (χ1v) is 8.80. The van der Waals surface area contributed by atoms with Crippen molar-refractivity contribution < 1.29 is 46.7 Å². The summed E-state index contributed by atoms with van der Waals surface area (Å²) in [6.45, 7) is 8.39. The van der Waals surface area contributed by atoms with Gasteiger partial charge < -0.3 is 0 Å². The second-order valence-corrected chi connectivity index (χ2v) is 6.82. The molecule has 0 rings (SSSR count). The zero-order chi connectivity index (χ0) is 14.9. The largest absolute Gasteiger partial charge is 1.00 e. The summed E-state index contributed by atoms with van der Waals surface area (Å²) >= 11 is 0. The normalized spacial score (nSPS) is 14.9. The van der Waals surface area contributed by atoms with Crippen molar-refractivity contribution in [2.45, 2.75) is 78.7 Å². The number of unbranched alkanes of at least 4 members (excludes halogenated alkanes) is 1. The Balaban J connectivity index is 0. The standard InChI is InChI=1S/C14H30O4S.Na/c1-5-7-8-13(6-2)9-10-14(11-12(3)4)18-19(15,16)17;/h12-14H,5-11H2,1-4H3,(H,15,16,17);/q;+1. The van der Waals surface area contributed by atoms with Crippen molar-refractivity contribution in [2.24, 2.45) is 11.8 Å². The molecule has 0 fully saturated rings. The molecule has 4 nitrogen and oxygen atoms in total. The fourth-order valence-electron chi connectivity index (χ4n) is 2.37. The van der Waals surface area contributed by atoms with Gasteiger partial charge in [-0.05, 0) is 31.1 Å². The van der Waals surface area contributed by atoms with Crippen LogP contribution in [0.5, 0.6) is 0 Å². The van der Waals surface area contributed by atoms with Crippen molar-refractivity contribution >= 4 is 10.4 Å². The van der Waals surface area contributed by atoms with Gasteiger partial charge in [-0.25, -0.2) is 4.18 Å². The van der Waals surface area contributed by atoms with E-state index in [2.05, 4.69) is 13.8 Å². The van der Waals surface area contributed by atoms with E-state index in [0.29, 0.717) is 24.7 Å². The van der Waals surface area contributed by atoms with Crippen LogP contribution in [0.1, 0.15) is 72.6 Å². The molecule has 2 unspecified atom stereocenters. The zero-order valence-corrected chi connectivity index (χ0v) is 16.6. The molecule has 0 amide bonds. The third-order valence-electron chi connectivity index (χ3n) is 3.43. The summed E-state index contributed by atoms with van der Waals surface area (Å²) in [5, 5.41) is 0. The maximum Gasteiger partial charge on any atom is 1.00 e. The van der Waals surface area contributed by atoms with Gasteiger partial charge in [0.05, 0.1) is 6.10 Å². The van der Waals surface area contributed by atoms with Gasteiger partial charge >= 0.3 is 40.0 Å². The molecule has 0 saturated heterocycles. The van der Waals surface area contributed by atoms with Crippen molar-refractivity contribution in [1.82, 2.24) is 0 Å². The molecule has 0 aromatic heterocycles. The van der Waals surface area contributed by atoms with E-state index in [4.69, 9.17) is 8.74 Å². The van der Waals surface area contributed by atoms with Crippen LogP contribution in [0, 0.1) is 11.8 Å². The number of rotatable bonds is 11. The van der Waals surface area contributed by atoms with E-state index in [-0.39, 0.29) is 29.6 Å². The zero-order valence-electron chi connectivity index (χ0n) is 13.8. The second-order valence-electron chi connectivity index (χ2n) is 5.77. The van der Waals surface area contributed by atoms with Crippen molar-refractivity contribution in [3.8, 4) is 0 Å². The van der Waals surface area contributed by atoms with Crippen LogP contribution in [-0.4, -0.2) is 19.1 Å². The molecule has 0 radical (unpaired) electrons. The van der Waals surface area contributed by atoms with Gasteiger partial charge in [-0.2, -0.15) is 8.42 Å². The molecule has 1 N–H and O–H groups in total. The molecule has 0 saturated carbocycles. The predicted molar refractivity (Wildman–Crippen MR) is 78.4 cm³/mol. The van der Waals surface area contributed by atoms with Gasteiger partial charge in [0.15, 0.2) is 0 Å². The van der Waals surface area contributed by atoms with Crippen LogP contribution in [0.2, 0.25) is 0 Å². The third kappa shape index (κ3) is 13.8. The molecule has 0 bridgehead atoms. The second kappa shape index (κ2) is 12.4. The maximum atomic E-state index is 10.8. The monoisotopic (exact) mass is 317 g/mol. The Kier molecular flexibility index (Phi) is 14.4. The molecule has 2 atom stereocenters. The minimum absolute atomic E-state index is 0. The van der Waals surface area contributed by atoms with Gasteiger partial charge in [-0.15, -0.1) is 0 Å². The van der Waals surface area contributed by atoms with Crippen LogP contribution in [0.3, 0.4) is 0 Å². The Morgan fingerprint density at radius 1 is 1.10 bits per heavy atom. The summed E-state index contributed by atoms with van der Waals surface area (Å²) < 4.78 is 35.3. The third-order valence-corrected chi connectivity index (χ3v) is 3.95. The molecule has 6 heteroatoms. The van der Waals surface area contributed by atoms with E-state index in [1.54, 1.807) is 0 Å². The van der Waals surface area contributed by atoms with Crippen LogP contribution in [0.4, 0.5) is 0 Å². The maximum absolute atomic E-state index is 10.8. The van der Waals surface area contributed by atoms with Crippen LogP contribution in [-0.2, 0) is 14.6 Å². The van der Waals surface area contributed by atoms with Crippen LogP contribution in [0.25, 0.3) is 0 Å². The van der Waals surface area contributed by atoms with E-state index >= 15 is 0 Å². The van der Waals surface area contributed by atoms with Crippen molar-refractivity contribution in [3.05, 3.63) is 0 Å². The van der Waals surface area contributed by atoms with Gasteiger partial charge in [-0.1, -0.05) is 53.4 Å². The number of hydrogen-bond donors (Lipinski definition) is 1. The molecular formula is C14H30NaO4S+. The Labute approximate surface area is 147 Å². The quantitative estimate of drug-likeness (QED) is 0.460. The minimum atomic E-state index is -4.34. The van der Waals surface area contributed by atoms with Crippen molar-refractivity contribution in [1.29, 1.82) is 0 Å². The smallest absolute Gasteiger partial charge is 0.264 e. The van der Waals surface area contributed by atoms with E-state index in [9.17, 15) is 8.42 Å². The Hall–Kier alpha value is 0.870. The average Bonchev–Trinajstić information content (AvgIpc) is 2.26. The van der Waals surface area contributed by atoms with Crippen molar-refractivity contribution in [3.63, 3.8) is 0 Å². The topological polar surface area (TPSA) is 63.6 Å². The van der Waals surface area contributed by atoms with E-state index in [1.165, 1.54) is 19.3 Å². The van der Waals surface area contributed by atoms with Crippen LogP contribution >= 0.6 is 0 Å². The SMILES string of the molecule is CCCCC(CC)CCC(CC(C)C)OS(=O)(=O)O.[Na+]. The molecule has 0 aliphatic carbocycles. The summed E-state index contributed by atoms with van der Waals surface area (Å²) in [6, 6.07) is 0. The Morgan fingerprint density at radius 2 is 1.70 bits per heavy atom. The molecule has 116 valence electrons. The first kappa shape index (κ1) is 23.1. The van der Waals surface area contributed by atoms with Gasteiger partial charge in [-0.3, -0.25) is 4.55 Å². The molecule has 0 aromatic carbocycles. The number of hydrogen-bond acceptors (Lipinski definition) is 3. The Bertz CT molecular complexity index is 317. The summed E-state index contributed by atoms with van der Waals surface area (Å²) in [5.41, 5.74) is 0. The fraction of sp³-hybridized carbons (Fsp3) is 1.00. The van der Waals surface area contributed by atoms with Crippen LogP contribution < -0.4 is 29.6 Å². The molecule has 0 aromatic rings. The van der Waals surface area contributed by atoms with E-state index in [1.807, 2.05) is 13.8 Å². The summed E-state index contributed by atoms with van der Waals surface area (Å²) in [7, 11) is -4.34. The molecule has 0 heterocycles. The molecule has 0 aliphatic heterocycles. The first-order chi connectivity index (χ1) is 8.78. The Morgan fingerprint density at radius 3 is 2.10 bits per heavy atom. The summed E-state index contributed by atoms with van der Waals surface area (Å²) in [4.78, 5) is 0. The predicted octanol–water partition coefficient (Wildman–Crippen LogP) is 1.22. The molecule has 20 heavy (non-hydrogen) atoms. The van der Waals surface area contributed by atoms with Gasteiger partial charge in [0.25, 0.3) is 0 Å². The molecular weight excluding hydrogens is 287 g/mol. The van der Waals surface area contributed by atoms with Crippen molar-refractivity contribution in [2.75, 3.05) is 0 Å². The fourth-order valence-corrected chi connectivity index (χ4v) is 2.89. The molecule has 0 aliphatic rings. The minimum Gasteiger partial charge on any atom is -0.264 e. The van der Waals surface area contributed by atoms with Gasteiger partial charge in [0, 0.05) is 0 Å². The van der Waals surface area contributed by atoms with Gasteiger partial charge in [0.2, 0.25) is 0 Å². The summed E-state index contributed by atoms with van der Waals surface area (Å²) in [5.74, 6) is 0.974. The first-order valence-electron chi connectivity index (χ1n) is 7.44. The van der Waals surface area contributed by atoms with Crippen LogP contribution in [0.15, 0.2) is 0 Å². The average molecular weight is 317 g/mol. The molecule has 0 spiro atoms. The van der Waals surface area contributed by atoms with E-state index in [0.717, 1.165) is 12.8 Å². The summed E-state index contributed by atoms with van der Waals surface area (Å²) in [6.07, 6.45) is 6.62. The van der Waals surface area contributed by atoms with Gasteiger partial charge in [0.1, 0.15) is 0 Å².